The van der Waals surface area contributed by atoms with Gasteiger partial charge in [-0.25, -0.2) is 8.42 Å². The monoisotopic (exact) mass is 500 g/mol. The Morgan fingerprint density at radius 1 is 1.09 bits per heavy atom. The normalized spacial score (nSPS) is 20.3. The van der Waals surface area contributed by atoms with Crippen molar-refractivity contribution in [3.63, 3.8) is 0 Å². The second kappa shape index (κ2) is 10.6. The summed E-state index contributed by atoms with van der Waals surface area (Å²) in [6.45, 7) is 5.20. The maximum absolute atomic E-state index is 13.6. The Morgan fingerprint density at radius 2 is 1.77 bits per heavy atom. The second-order valence-electron chi connectivity index (χ2n) is 9.44. The minimum atomic E-state index is -3.70. The van der Waals surface area contributed by atoms with E-state index in [0.717, 1.165) is 49.8 Å². The molecule has 0 aliphatic carbocycles. The number of sulfonamides is 1. The van der Waals surface area contributed by atoms with E-state index in [4.69, 9.17) is 9.47 Å². The van der Waals surface area contributed by atoms with E-state index in [2.05, 4.69) is 19.2 Å². The predicted molar refractivity (Wildman–Crippen MR) is 135 cm³/mol. The number of nitrogens with one attached hydrogen (secondary N) is 1. The standard InChI is InChI=1S/C27H36N2O5S/c1-4-27(5-2)19-23(21-12-8-9-13-25(21)34-27)28-26(30)22-18-20(14-15-24(22)33-3)35(31,32)29-16-10-6-7-11-17-29/h8-9,12-15,18,23H,4-7,10-11,16-17,19H2,1-3H3,(H,28,30). The van der Waals surface area contributed by atoms with Gasteiger partial charge in [0.05, 0.1) is 23.6 Å². The molecule has 0 saturated carbocycles. The molecule has 2 aliphatic rings. The summed E-state index contributed by atoms with van der Waals surface area (Å²) in [6, 6.07) is 12.0. The van der Waals surface area contributed by atoms with E-state index in [9.17, 15) is 13.2 Å². The Balaban J connectivity index is 1.65. The lowest BCUT2D eigenvalue weighted by atomic mass is 9.83. The molecule has 8 heteroatoms. The molecular formula is C27H36N2O5S. The zero-order chi connectivity index (χ0) is 25.1. The van der Waals surface area contributed by atoms with Crippen LogP contribution in [0.4, 0.5) is 0 Å². The van der Waals surface area contributed by atoms with Gasteiger partial charge in [0.1, 0.15) is 17.1 Å². The van der Waals surface area contributed by atoms with Crippen molar-refractivity contribution >= 4 is 15.9 Å². The highest BCUT2D eigenvalue weighted by atomic mass is 32.2. The van der Waals surface area contributed by atoms with Gasteiger partial charge in [0.15, 0.2) is 0 Å². The van der Waals surface area contributed by atoms with Crippen LogP contribution in [0.2, 0.25) is 0 Å². The van der Waals surface area contributed by atoms with Gasteiger partial charge in [-0.3, -0.25) is 4.79 Å². The molecule has 2 heterocycles. The number of methoxy groups -OCH3 is 1. The van der Waals surface area contributed by atoms with Crippen molar-refractivity contribution in [2.45, 2.75) is 75.3 Å². The van der Waals surface area contributed by atoms with Gasteiger partial charge in [-0.15, -0.1) is 0 Å². The summed E-state index contributed by atoms with van der Waals surface area (Å²) in [5.74, 6) is 0.754. The first-order chi connectivity index (χ1) is 16.8. The fourth-order valence-electron chi connectivity index (χ4n) is 5.12. The van der Waals surface area contributed by atoms with Gasteiger partial charge < -0.3 is 14.8 Å². The Morgan fingerprint density at radius 3 is 2.43 bits per heavy atom. The summed E-state index contributed by atoms with van der Waals surface area (Å²) in [6.07, 6.45) is 6.04. The van der Waals surface area contributed by atoms with Crippen LogP contribution in [-0.4, -0.2) is 44.4 Å². The number of hydrogen-bond acceptors (Lipinski definition) is 5. The molecule has 1 atom stereocenters. The zero-order valence-electron chi connectivity index (χ0n) is 20.9. The Hall–Kier alpha value is -2.58. The second-order valence-corrected chi connectivity index (χ2v) is 11.4. The molecule has 2 aromatic rings. The van der Waals surface area contributed by atoms with Gasteiger partial charge in [0, 0.05) is 25.1 Å². The third kappa shape index (κ3) is 5.19. The molecular weight excluding hydrogens is 464 g/mol. The minimum absolute atomic E-state index is 0.120. The molecule has 0 spiro atoms. The number of ether oxygens (including phenoxy) is 2. The van der Waals surface area contributed by atoms with Crippen LogP contribution in [0.1, 0.15) is 80.8 Å². The average Bonchev–Trinajstić information content (AvgIpc) is 3.18. The molecule has 1 amide bonds. The van der Waals surface area contributed by atoms with Crippen LogP contribution >= 0.6 is 0 Å². The van der Waals surface area contributed by atoms with Crippen molar-refractivity contribution in [3.05, 3.63) is 53.6 Å². The molecule has 190 valence electrons. The first-order valence-electron chi connectivity index (χ1n) is 12.6. The number of rotatable bonds is 7. The van der Waals surface area contributed by atoms with Crippen molar-refractivity contribution in [3.8, 4) is 11.5 Å². The number of hydrogen-bond donors (Lipinski definition) is 1. The Bertz CT molecular complexity index is 1150. The molecule has 1 unspecified atom stereocenters. The molecule has 35 heavy (non-hydrogen) atoms. The van der Waals surface area contributed by atoms with E-state index in [1.54, 1.807) is 6.07 Å². The van der Waals surface area contributed by atoms with Crippen LogP contribution in [0.15, 0.2) is 47.4 Å². The van der Waals surface area contributed by atoms with Crippen molar-refractivity contribution in [2.24, 2.45) is 0 Å². The van der Waals surface area contributed by atoms with E-state index in [-0.39, 0.29) is 28.0 Å². The van der Waals surface area contributed by atoms with Crippen molar-refractivity contribution in [2.75, 3.05) is 20.2 Å². The van der Waals surface area contributed by atoms with Gasteiger partial charge in [0.25, 0.3) is 5.91 Å². The van der Waals surface area contributed by atoms with Crippen LogP contribution in [0.5, 0.6) is 11.5 Å². The number of amides is 1. The number of carbonyl (C=O) groups excluding carboxylic acids is 1. The van der Waals surface area contributed by atoms with E-state index < -0.39 is 10.0 Å². The summed E-state index contributed by atoms with van der Waals surface area (Å²) < 4.78 is 40.1. The largest absolute Gasteiger partial charge is 0.496 e. The van der Waals surface area contributed by atoms with E-state index in [1.165, 1.54) is 23.5 Å². The molecule has 1 N–H and O–H groups in total. The van der Waals surface area contributed by atoms with Crippen LogP contribution in [0, 0.1) is 0 Å². The van der Waals surface area contributed by atoms with Gasteiger partial charge in [-0.05, 0) is 49.9 Å². The van der Waals surface area contributed by atoms with Gasteiger partial charge in [0.2, 0.25) is 10.0 Å². The van der Waals surface area contributed by atoms with Crippen LogP contribution in [0.25, 0.3) is 0 Å². The number of carbonyl (C=O) groups is 1. The van der Waals surface area contributed by atoms with Gasteiger partial charge in [-0.2, -0.15) is 4.31 Å². The van der Waals surface area contributed by atoms with Gasteiger partial charge in [-0.1, -0.05) is 44.9 Å². The minimum Gasteiger partial charge on any atom is -0.496 e. The summed E-state index contributed by atoms with van der Waals surface area (Å²) in [4.78, 5) is 13.7. The average molecular weight is 501 g/mol. The first-order valence-corrected chi connectivity index (χ1v) is 14.0. The maximum Gasteiger partial charge on any atom is 0.255 e. The lowest BCUT2D eigenvalue weighted by Gasteiger charge is -2.41. The lowest BCUT2D eigenvalue weighted by Crippen LogP contribution is -2.44. The molecule has 0 aromatic heterocycles. The fourth-order valence-corrected chi connectivity index (χ4v) is 6.67. The summed E-state index contributed by atoms with van der Waals surface area (Å²) in [7, 11) is -2.21. The molecule has 1 saturated heterocycles. The predicted octanol–water partition coefficient (Wildman–Crippen LogP) is 5.07. The summed E-state index contributed by atoms with van der Waals surface area (Å²) >= 11 is 0. The Labute approximate surface area is 208 Å². The summed E-state index contributed by atoms with van der Waals surface area (Å²) in [5.41, 5.74) is 0.769. The molecule has 0 radical (unpaired) electrons. The first kappa shape index (κ1) is 25.5. The number of nitrogens with zero attached hydrogens (tertiary/aromatic N) is 1. The van der Waals surface area contributed by atoms with E-state index in [0.29, 0.717) is 25.3 Å². The highest BCUT2D eigenvalue weighted by Gasteiger charge is 2.39. The highest BCUT2D eigenvalue weighted by molar-refractivity contribution is 7.89. The van der Waals surface area contributed by atoms with Gasteiger partial charge >= 0.3 is 0 Å². The molecule has 2 aromatic carbocycles. The van der Waals surface area contributed by atoms with Crippen molar-refractivity contribution in [1.82, 2.24) is 9.62 Å². The van der Waals surface area contributed by atoms with E-state index in [1.807, 2.05) is 24.3 Å². The highest BCUT2D eigenvalue weighted by Crippen LogP contribution is 2.43. The van der Waals surface area contributed by atoms with Crippen LogP contribution in [0.3, 0.4) is 0 Å². The quantitative estimate of drug-likeness (QED) is 0.574. The number of para-hydroxylation sites is 1. The Kier molecular flexibility index (Phi) is 7.71. The van der Waals surface area contributed by atoms with Crippen molar-refractivity contribution in [1.29, 1.82) is 0 Å². The smallest absolute Gasteiger partial charge is 0.255 e. The fraction of sp³-hybridized carbons (Fsp3) is 0.519. The molecule has 1 fully saturated rings. The number of benzene rings is 2. The van der Waals surface area contributed by atoms with Crippen LogP contribution < -0.4 is 14.8 Å². The summed E-state index contributed by atoms with van der Waals surface area (Å²) in [5, 5.41) is 3.15. The van der Waals surface area contributed by atoms with Crippen molar-refractivity contribution < 1.29 is 22.7 Å². The zero-order valence-corrected chi connectivity index (χ0v) is 21.7. The van der Waals surface area contributed by atoms with Crippen LogP contribution in [-0.2, 0) is 10.0 Å². The third-order valence-electron chi connectivity index (χ3n) is 7.41. The van der Waals surface area contributed by atoms with E-state index >= 15 is 0 Å². The maximum atomic E-state index is 13.6. The third-order valence-corrected chi connectivity index (χ3v) is 9.30. The molecule has 7 nitrogen and oxygen atoms in total. The molecule has 0 bridgehead atoms. The molecule has 2 aliphatic heterocycles. The SMILES string of the molecule is CCC1(CC)CC(NC(=O)c2cc(S(=O)(=O)N3CCCCCC3)ccc2OC)c2ccccc2O1. The lowest BCUT2D eigenvalue weighted by molar-refractivity contribution is 0.0227. The number of fused-ring (bicyclic) bond motifs is 1. The topological polar surface area (TPSA) is 84.9 Å². The molecule has 4 rings (SSSR count).